The molecular formula is C19H13N3O6S. The number of non-ortho nitro benzene ring substituents is 1. The molecule has 4 aromatic rings. The number of hydrogen-bond acceptors (Lipinski definition) is 9. The van der Waals surface area contributed by atoms with Crippen LogP contribution < -0.4 is 10.4 Å². The molecule has 0 saturated carbocycles. The Kier molecular flexibility index (Phi) is 5.00. The van der Waals surface area contributed by atoms with Crippen LogP contribution >= 0.6 is 11.8 Å². The highest BCUT2D eigenvalue weighted by atomic mass is 32.2. The molecule has 0 radical (unpaired) electrons. The summed E-state index contributed by atoms with van der Waals surface area (Å²) in [6, 6.07) is 12.6. The van der Waals surface area contributed by atoms with Gasteiger partial charge in [0.05, 0.1) is 12.0 Å². The van der Waals surface area contributed by atoms with E-state index in [0.29, 0.717) is 22.6 Å². The molecule has 0 atom stereocenters. The van der Waals surface area contributed by atoms with Crippen molar-refractivity contribution in [1.29, 1.82) is 0 Å². The van der Waals surface area contributed by atoms with Gasteiger partial charge in [-0.25, -0.2) is 4.79 Å². The van der Waals surface area contributed by atoms with E-state index in [2.05, 4.69) is 10.2 Å². The number of benzene rings is 2. The number of rotatable bonds is 6. The zero-order valence-electron chi connectivity index (χ0n) is 15.0. The van der Waals surface area contributed by atoms with Gasteiger partial charge < -0.3 is 13.6 Å². The Morgan fingerprint density at radius 2 is 2.00 bits per heavy atom. The lowest BCUT2D eigenvalue weighted by Crippen LogP contribution is -2.00. The fourth-order valence-electron chi connectivity index (χ4n) is 2.73. The first kappa shape index (κ1) is 18.7. The lowest BCUT2D eigenvalue weighted by Gasteiger charge is -2.05. The van der Waals surface area contributed by atoms with Crippen molar-refractivity contribution < 1.29 is 18.5 Å². The standard InChI is InChI=1S/C19H13N3O6S/c1-26-14-5-6-15-12(8-17(23)27-16(15)9-14)10-29-19-21-20-18(28-19)11-3-2-4-13(7-11)22(24)25/h2-9H,10H2,1H3. The monoisotopic (exact) mass is 411 g/mol. The van der Waals surface area contributed by atoms with Crippen LogP contribution in [0.15, 0.2) is 67.4 Å². The molecule has 0 aliphatic rings. The van der Waals surface area contributed by atoms with E-state index in [1.807, 2.05) is 6.07 Å². The van der Waals surface area contributed by atoms with Gasteiger partial charge in [0.15, 0.2) is 0 Å². The fourth-order valence-corrected chi connectivity index (χ4v) is 3.49. The van der Waals surface area contributed by atoms with Gasteiger partial charge >= 0.3 is 5.63 Å². The van der Waals surface area contributed by atoms with Gasteiger partial charge in [-0.15, -0.1) is 10.2 Å². The Morgan fingerprint density at radius 1 is 1.14 bits per heavy atom. The zero-order valence-corrected chi connectivity index (χ0v) is 15.8. The number of aromatic nitrogens is 2. The molecule has 0 aliphatic heterocycles. The lowest BCUT2D eigenvalue weighted by molar-refractivity contribution is -0.384. The normalized spacial score (nSPS) is 10.9. The molecule has 4 rings (SSSR count). The first-order chi connectivity index (χ1) is 14.0. The van der Waals surface area contributed by atoms with E-state index in [4.69, 9.17) is 13.6 Å². The number of nitro benzene ring substituents is 1. The molecule has 0 spiro atoms. The summed E-state index contributed by atoms with van der Waals surface area (Å²) in [7, 11) is 1.54. The first-order valence-electron chi connectivity index (χ1n) is 8.35. The average molecular weight is 411 g/mol. The molecule has 2 aromatic heterocycles. The van der Waals surface area contributed by atoms with E-state index >= 15 is 0 Å². The predicted molar refractivity (Wildman–Crippen MR) is 105 cm³/mol. The van der Waals surface area contributed by atoms with Gasteiger partial charge in [-0.2, -0.15) is 0 Å². The highest BCUT2D eigenvalue weighted by molar-refractivity contribution is 7.98. The van der Waals surface area contributed by atoms with Crippen molar-refractivity contribution in [2.24, 2.45) is 0 Å². The van der Waals surface area contributed by atoms with Crippen molar-refractivity contribution in [2.45, 2.75) is 11.0 Å². The molecule has 10 heteroatoms. The van der Waals surface area contributed by atoms with Crippen molar-refractivity contribution >= 4 is 28.4 Å². The molecule has 0 saturated heterocycles. The molecule has 0 amide bonds. The summed E-state index contributed by atoms with van der Waals surface area (Å²) in [4.78, 5) is 22.3. The van der Waals surface area contributed by atoms with Gasteiger partial charge in [-0.1, -0.05) is 17.8 Å². The minimum Gasteiger partial charge on any atom is -0.497 e. The first-order valence-corrected chi connectivity index (χ1v) is 9.34. The highest BCUT2D eigenvalue weighted by Crippen LogP contribution is 2.30. The molecule has 2 heterocycles. The van der Waals surface area contributed by atoms with Crippen LogP contribution in [-0.4, -0.2) is 22.2 Å². The third kappa shape index (κ3) is 3.97. The van der Waals surface area contributed by atoms with Crippen LogP contribution in [0.2, 0.25) is 0 Å². The Hall–Kier alpha value is -3.66. The summed E-state index contributed by atoms with van der Waals surface area (Å²) in [5, 5.41) is 19.9. The fraction of sp³-hybridized carbons (Fsp3) is 0.105. The molecular weight excluding hydrogens is 398 g/mol. The number of nitrogens with zero attached hydrogens (tertiary/aromatic N) is 3. The molecule has 0 N–H and O–H groups in total. The van der Waals surface area contributed by atoms with Gasteiger partial charge in [0.25, 0.3) is 10.9 Å². The van der Waals surface area contributed by atoms with Gasteiger partial charge in [-0.05, 0) is 23.8 Å². The van der Waals surface area contributed by atoms with Crippen molar-refractivity contribution in [2.75, 3.05) is 7.11 Å². The summed E-state index contributed by atoms with van der Waals surface area (Å²) in [6.07, 6.45) is 0. The van der Waals surface area contributed by atoms with Gasteiger partial charge in [0, 0.05) is 41.0 Å². The van der Waals surface area contributed by atoms with Crippen LogP contribution in [0.4, 0.5) is 5.69 Å². The molecule has 0 aliphatic carbocycles. The predicted octanol–water partition coefficient (Wildman–Crippen LogP) is 4.05. The van der Waals surface area contributed by atoms with Gasteiger partial charge in [-0.3, -0.25) is 10.1 Å². The third-order valence-corrected chi connectivity index (χ3v) is 4.97. The maximum atomic E-state index is 11.9. The van der Waals surface area contributed by atoms with Crippen LogP contribution in [0, 0.1) is 10.1 Å². The molecule has 146 valence electrons. The van der Waals surface area contributed by atoms with Gasteiger partial charge in [0.2, 0.25) is 5.89 Å². The second kappa shape index (κ2) is 7.76. The van der Waals surface area contributed by atoms with Crippen LogP contribution in [0.25, 0.3) is 22.4 Å². The Bertz CT molecular complexity index is 1270. The average Bonchev–Trinajstić information content (AvgIpc) is 3.20. The number of nitro groups is 1. The summed E-state index contributed by atoms with van der Waals surface area (Å²) in [5.74, 6) is 1.16. The summed E-state index contributed by atoms with van der Waals surface area (Å²) >= 11 is 1.25. The second-order valence-corrected chi connectivity index (χ2v) is 6.85. The maximum Gasteiger partial charge on any atom is 0.336 e. The van der Waals surface area contributed by atoms with Crippen LogP contribution in [0.5, 0.6) is 5.75 Å². The SMILES string of the molecule is COc1ccc2c(CSc3nnc(-c4cccc([N+](=O)[O-])c4)o3)cc(=O)oc2c1. The lowest BCUT2D eigenvalue weighted by atomic mass is 10.1. The molecule has 0 unspecified atom stereocenters. The van der Waals surface area contributed by atoms with E-state index in [-0.39, 0.29) is 16.8 Å². The second-order valence-electron chi connectivity index (χ2n) is 5.92. The molecule has 9 nitrogen and oxygen atoms in total. The quantitative estimate of drug-likeness (QED) is 0.200. The largest absolute Gasteiger partial charge is 0.497 e. The van der Waals surface area contributed by atoms with E-state index in [1.54, 1.807) is 24.3 Å². The summed E-state index contributed by atoms with van der Waals surface area (Å²) < 4.78 is 16.0. The number of methoxy groups -OCH3 is 1. The van der Waals surface area contributed by atoms with E-state index in [0.717, 1.165) is 10.9 Å². The zero-order chi connectivity index (χ0) is 20.4. The molecule has 0 bridgehead atoms. The van der Waals surface area contributed by atoms with Crippen LogP contribution in [0.1, 0.15) is 5.56 Å². The highest BCUT2D eigenvalue weighted by Gasteiger charge is 2.14. The minimum absolute atomic E-state index is 0.0622. The number of fused-ring (bicyclic) bond motifs is 1. The van der Waals surface area contributed by atoms with Crippen molar-refractivity contribution in [1.82, 2.24) is 10.2 Å². The Morgan fingerprint density at radius 3 is 2.79 bits per heavy atom. The van der Waals surface area contributed by atoms with Gasteiger partial charge in [0.1, 0.15) is 11.3 Å². The van der Waals surface area contributed by atoms with Crippen molar-refractivity contribution in [3.8, 4) is 17.2 Å². The smallest absolute Gasteiger partial charge is 0.336 e. The summed E-state index contributed by atoms with van der Waals surface area (Å²) in [6.45, 7) is 0. The molecule has 2 aromatic carbocycles. The van der Waals surface area contributed by atoms with E-state index in [1.165, 1.54) is 37.1 Å². The molecule has 29 heavy (non-hydrogen) atoms. The number of ether oxygens (including phenoxy) is 1. The Labute approximate surface area is 167 Å². The number of thioether (sulfide) groups is 1. The minimum atomic E-state index is -0.489. The summed E-state index contributed by atoms with van der Waals surface area (Å²) in [5.41, 5.74) is 1.10. The van der Waals surface area contributed by atoms with Crippen LogP contribution in [-0.2, 0) is 5.75 Å². The van der Waals surface area contributed by atoms with Crippen molar-refractivity contribution in [3.05, 3.63) is 74.6 Å². The van der Waals surface area contributed by atoms with Crippen molar-refractivity contribution in [3.63, 3.8) is 0 Å². The third-order valence-electron chi connectivity index (χ3n) is 4.10. The topological polar surface area (TPSA) is 122 Å². The van der Waals surface area contributed by atoms with Crippen LogP contribution in [0.3, 0.4) is 0 Å². The maximum absolute atomic E-state index is 11.9. The van der Waals surface area contributed by atoms with E-state index in [9.17, 15) is 14.9 Å². The Balaban J connectivity index is 1.57. The molecule has 0 fully saturated rings. The number of hydrogen-bond donors (Lipinski definition) is 0. The van der Waals surface area contributed by atoms with E-state index < -0.39 is 10.5 Å².